The van der Waals surface area contributed by atoms with Gasteiger partial charge in [-0.15, -0.1) is 11.3 Å². The van der Waals surface area contributed by atoms with Gasteiger partial charge in [-0.3, -0.25) is 4.98 Å². The van der Waals surface area contributed by atoms with Crippen LogP contribution in [0.3, 0.4) is 0 Å². The average molecular weight is 780 g/mol. The fraction of sp³-hybridized carbons (Fsp3) is 0.500. The SMILES string of the molecule is [CH3][Sn]([CH3])([CH3])[Cl].[CH3][Sn]([CH3])([CH3])[c]1cscn1.[CH3][Sn]([CH3])([CH3])[c]1nccs1.c1cscn1. The van der Waals surface area contributed by atoms with E-state index >= 15 is 0 Å². The number of rotatable bonds is 2. The summed E-state index contributed by atoms with van der Waals surface area (Å²) in [6, 6.07) is 0. The van der Waals surface area contributed by atoms with Crippen molar-refractivity contribution in [1.29, 1.82) is 0 Å². The van der Waals surface area contributed by atoms with Crippen LogP contribution in [0.25, 0.3) is 0 Å². The minimum absolute atomic E-state index is 1.40. The first kappa shape index (κ1) is 29.6. The number of thiazole rings is 3. The van der Waals surface area contributed by atoms with E-state index in [2.05, 4.69) is 70.2 Å². The van der Waals surface area contributed by atoms with Crippen molar-refractivity contribution in [2.75, 3.05) is 0 Å². The van der Waals surface area contributed by atoms with E-state index in [0.29, 0.717) is 0 Å². The maximum absolute atomic E-state index is 5.74. The Morgan fingerprint density at radius 1 is 0.750 bits per heavy atom. The van der Waals surface area contributed by atoms with Gasteiger partial charge < -0.3 is 0 Å². The molecular formula is C18H34ClN3S3Sn3. The zero-order valence-electron chi connectivity index (χ0n) is 18.5. The van der Waals surface area contributed by atoms with Gasteiger partial charge in [0.2, 0.25) is 0 Å². The minimum Gasteiger partial charge on any atom is -0.253 e. The number of halogens is 1. The van der Waals surface area contributed by atoms with Crippen LogP contribution in [0.15, 0.2) is 39.6 Å². The summed E-state index contributed by atoms with van der Waals surface area (Å²) in [7, 11) is 5.74. The Balaban J connectivity index is 0.000000361. The van der Waals surface area contributed by atoms with Crippen LogP contribution in [-0.2, 0) is 0 Å². The van der Waals surface area contributed by atoms with Crippen molar-refractivity contribution < 1.29 is 0 Å². The zero-order valence-corrected chi connectivity index (χ0v) is 30.3. The van der Waals surface area contributed by atoms with Gasteiger partial charge in [0.1, 0.15) is 0 Å². The van der Waals surface area contributed by atoms with Gasteiger partial charge in [-0.2, -0.15) is 0 Å². The molecule has 0 saturated carbocycles. The average Bonchev–Trinajstić information content (AvgIpc) is 3.28. The maximum atomic E-state index is 5.74. The summed E-state index contributed by atoms with van der Waals surface area (Å²) in [4.78, 5) is 33.1. The van der Waals surface area contributed by atoms with E-state index in [1.807, 2.05) is 28.4 Å². The molecule has 0 atom stereocenters. The molecule has 0 fully saturated rings. The van der Waals surface area contributed by atoms with E-state index in [0.717, 1.165) is 0 Å². The third-order valence-electron chi connectivity index (χ3n) is 2.62. The maximum Gasteiger partial charge on any atom is 0.0791 e. The van der Waals surface area contributed by atoms with Crippen LogP contribution in [0, 0.1) is 0 Å². The number of hydrogen-bond acceptors (Lipinski definition) is 6. The molecule has 0 saturated heterocycles. The summed E-state index contributed by atoms with van der Waals surface area (Å²) < 4.78 is 2.82. The normalized spacial score (nSPS) is 11.2. The molecule has 0 aliphatic carbocycles. The summed E-state index contributed by atoms with van der Waals surface area (Å²) in [6.07, 6.45) is 3.67. The molecule has 0 radical (unpaired) electrons. The molecule has 28 heavy (non-hydrogen) atoms. The van der Waals surface area contributed by atoms with Crippen LogP contribution >= 0.6 is 42.9 Å². The molecule has 3 aromatic rings. The smallest absolute Gasteiger partial charge is 0.0791 e. The summed E-state index contributed by atoms with van der Waals surface area (Å²) in [5, 5.41) is 6.19. The number of hydrogen-bond donors (Lipinski definition) is 0. The van der Waals surface area contributed by atoms with Crippen molar-refractivity contribution in [1.82, 2.24) is 15.0 Å². The van der Waals surface area contributed by atoms with Crippen LogP contribution in [0.4, 0.5) is 0 Å². The van der Waals surface area contributed by atoms with E-state index in [-0.39, 0.29) is 0 Å². The molecule has 0 aliphatic heterocycles. The summed E-state index contributed by atoms with van der Waals surface area (Å²) >= 11 is -0.0768. The second-order valence-corrected chi connectivity index (χ2v) is 60.3. The molecule has 0 aliphatic rings. The Hall–Kier alpha value is 1.58. The summed E-state index contributed by atoms with van der Waals surface area (Å²) in [5.41, 5.74) is 3.72. The standard InChI is InChI=1S/C3H3NS.2C3H2NS.9CH3.ClH.3Sn/c3*1-2-5-3-4-1;;;;;;;;;;;;;/h1-3H;2-3H;1-2H;9*1H3;1H;;;/q;;;;;;;;;;;;;;;+1/p-1. The predicted octanol–water partition coefficient (Wildman–Crippen LogP) is 6.58. The van der Waals surface area contributed by atoms with Gasteiger partial charge in [0.05, 0.1) is 5.51 Å². The Bertz CT molecular complexity index is 633. The van der Waals surface area contributed by atoms with Crippen LogP contribution in [0.1, 0.15) is 0 Å². The van der Waals surface area contributed by atoms with Crippen LogP contribution in [-0.4, -0.2) is 69.0 Å². The molecule has 158 valence electrons. The van der Waals surface area contributed by atoms with E-state index in [9.17, 15) is 0 Å². The van der Waals surface area contributed by atoms with E-state index in [1.54, 1.807) is 34.4 Å². The first-order chi connectivity index (χ1) is 12.7. The van der Waals surface area contributed by atoms with Gasteiger partial charge in [0.25, 0.3) is 0 Å². The van der Waals surface area contributed by atoms with Crippen LogP contribution in [0.2, 0.25) is 44.5 Å². The molecule has 0 spiro atoms. The Morgan fingerprint density at radius 3 is 1.54 bits per heavy atom. The molecule has 3 heterocycles. The molecule has 3 rings (SSSR count). The fourth-order valence-corrected chi connectivity index (χ4v) is 13.3. The second kappa shape index (κ2) is 14.6. The first-order valence-corrected chi connectivity index (χ1v) is 43.9. The van der Waals surface area contributed by atoms with Gasteiger partial charge in [0.15, 0.2) is 0 Å². The van der Waals surface area contributed by atoms with E-state index < -0.39 is 54.0 Å². The Morgan fingerprint density at radius 2 is 1.36 bits per heavy atom. The monoisotopic (exact) mass is 783 g/mol. The predicted molar refractivity (Wildman–Crippen MR) is 142 cm³/mol. The Kier molecular flexibility index (Phi) is 15.4. The van der Waals surface area contributed by atoms with E-state index in [4.69, 9.17) is 8.92 Å². The topological polar surface area (TPSA) is 38.7 Å². The van der Waals surface area contributed by atoms with Crippen molar-refractivity contribution in [3.63, 3.8) is 0 Å². The van der Waals surface area contributed by atoms with Gasteiger partial charge in [-0.25, -0.2) is 0 Å². The van der Waals surface area contributed by atoms with Crippen molar-refractivity contribution in [2.24, 2.45) is 0 Å². The molecular weight excluding hydrogens is 746 g/mol. The summed E-state index contributed by atoms with van der Waals surface area (Å²) in [6.45, 7) is 0. The van der Waals surface area contributed by atoms with Crippen molar-refractivity contribution >= 4 is 104 Å². The third kappa shape index (κ3) is 18.4. The molecule has 0 bridgehead atoms. The zero-order chi connectivity index (χ0) is 21.8. The number of nitrogens with zero attached hydrogens (tertiary/aromatic N) is 3. The largest absolute Gasteiger partial charge is 0.253 e. The molecule has 0 aromatic carbocycles. The molecule has 0 amide bonds. The number of aromatic nitrogens is 3. The van der Waals surface area contributed by atoms with Crippen LogP contribution < -0.4 is 6.73 Å². The first-order valence-electron chi connectivity index (χ1n) is 9.01. The van der Waals surface area contributed by atoms with Gasteiger partial charge >= 0.3 is 169 Å². The van der Waals surface area contributed by atoms with Gasteiger partial charge in [-0.05, 0) is 0 Å². The van der Waals surface area contributed by atoms with Crippen molar-refractivity contribution in [3.05, 3.63) is 39.6 Å². The molecule has 0 N–H and O–H groups in total. The van der Waals surface area contributed by atoms with E-state index in [1.165, 1.54) is 6.73 Å². The Labute approximate surface area is 199 Å². The third-order valence-corrected chi connectivity index (χ3v) is 19.2. The fourth-order valence-electron chi connectivity index (χ4n) is 1.35. The molecule has 0 unspecified atom stereocenters. The van der Waals surface area contributed by atoms with Crippen LogP contribution in [0.5, 0.6) is 0 Å². The molecule has 10 heteroatoms. The molecule has 3 aromatic heterocycles. The van der Waals surface area contributed by atoms with Gasteiger partial charge in [0, 0.05) is 11.6 Å². The molecule has 3 nitrogen and oxygen atoms in total. The van der Waals surface area contributed by atoms with Crippen molar-refractivity contribution in [3.8, 4) is 0 Å². The minimum atomic E-state index is -1.75. The second-order valence-electron chi connectivity index (χ2n) is 8.95. The quantitative estimate of drug-likeness (QED) is 0.276. The van der Waals surface area contributed by atoms with Gasteiger partial charge in [-0.1, -0.05) is 0 Å². The summed E-state index contributed by atoms with van der Waals surface area (Å²) in [5.74, 6) is 0. The van der Waals surface area contributed by atoms with Crippen molar-refractivity contribution in [2.45, 2.75) is 44.5 Å².